The zero-order valence-corrected chi connectivity index (χ0v) is 15.4. The van der Waals surface area contributed by atoms with E-state index >= 15 is 0 Å². The fourth-order valence-corrected chi connectivity index (χ4v) is 4.55. The van der Waals surface area contributed by atoms with Gasteiger partial charge in [-0.05, 0) is 74.0 Å². The lowest BCUT2D eigenvalue weighted by molar-refractivity contribution is 0.174. The number of fused-ring (bicyclic) bond motifs is 2. The van der Waals surface area contributed by atoms with Crippen LogP contribution in [0.1, 0.15) is 22.6 Å². The number of halogens is 2. The van der Waals surface area contributed by atoms with E-state index in [4.69, 9.17) is 9.47 Å². The Morgan fingerprint density at radius 2 is 1.76 bits per heavy atom. The van der Waals surface area contributed by atoms with Gasteiger partial charge in [0, 0.05) is 19.5 Å². The first kappa shape index (κ1) is 13.9. The molecule has 0 fully saturated rings. The highest BCUT2D eigenvalue weighted by Gasteiger charge is 2.28. The fourth-order valence-electron chi connectivity index (χ4n) is 2.94. The molecule has 0 radical (unpaired) electrons. The molecular weight excluding hydrogens is 490 g/mol. The van der Waals surface area contributed by atoms with Crippen molar-refractivity contribution in [2.75, 3.05) is 6.79 Å². The molecule has 0 amide bonds. The molecule has 1 unspecified atom stereocenters. The average molecular weight is 502 g/mol. The highest BCUT2D eigenvalue weighted by molar-refractivity contribution is 14.1. The zero-order chi connectivity index (χ0) is 14.4. The minimum atomic E-state index is 0.303. The Kier molecular flexibility index (Phi) is 3.61. The van der Waals surface area contributed by atoms with Crippen LogP contribution in [-0.4, -0.2) is 6.79 Å². The molecule has 1 aliphatic heterocycles. The summed E-state index contributed by atoms with van der Waals surface area (Å²) in [6, 6.07) is 15.0. The quantitative estimate of drug-likeness (QED) is 0.501. The summed E-state index contributed by atoms with van der Waals surface area (Å²) in [5.74, 6) is 2.00. The smallest absolute Gasteiger partial charge is 0.231 e. The summed E-state index contributed by atoms with van der Waals surface area (Å²) < 4.78 is 13.8. The second kappa shape index (κ2) is 5.46. The van der Waals surface area contributed by atoms with Crippen LogP contribution in [-0.2, 0) is 6.42 Å². The molecule has 21 heavy (non-hydrogen) atoms. The molecule has 0 N–H and O–H groups in total. The van der Waals surface area contributed by atoms with Gasteiger partial charge in [0.25, 0.3) is 0 Å². The number of hydrogen-bond donors (Lipinski definition) is 0. The maximum atomic E-state index is 5.54. The molecule has 1 heterocycles. The fraction of sp³-hybridized carbons (Fsp3) is 0.176. The minimum Gasteiger partial charge on any atom is -0.454 e. The summed E-state index contributed by atoms with van der Waals surface area (Å²) in [7, 11) is 0. The van der Waals surface area contributed by atoms with Crippen LogP contribution in [0.5, 0.6) is 11.5 Å². The van der Waals surface area contributed by atoms with Crippen molar-refractivity contribution < 1.29 is 9.47 Å². The van der Waals surface area contributed by atoms with Crippen LogP contribution in [0.2, 0.25) is 0 Å². The molecule has 0 bridgehead atoms. The largest absolute Gasteiger partial charge is 0.454 e. The van der Waals surface area contributed by atoms with Crippen molar-refractivity contribution in [3.05, 3.63) is 66.3 Å². The maximum Gasteiger partial charge on any atom is 0.231 e. The van der Waals surface area contributed by atoms with Gasteiger partial charge >= 0.3 is 0 Å². The maximum absolute atomic E-state index is 5.54. The Morgan fingerprint density at radius 1 is 0.952 bits per heavy atom. The van der Waals surface area contributed by atoms with Gasteiger partial charge in [-0.2, -0.15) is 0 Å². The van der Waals surface area contributed by atoms with E-state index in [1.54, 1.807) is 0 Å². The van der Waals surface area contributed by atoms with Gasteiger partial charge in [-0.1, -0.05) is 30.3 Å². The van der Waals surface area contributed by atoms with E-state index in [2.05, 4.69) is 81.6 Å². The van der Waals surface area contributed by atoms with E-state index < -0.39 is 0 Å². The van der Waals surface area contributed by atoms with E-state index in [-0.39, 0.29) is 0 Å². The molecule has 106 valence electrons. The molecule has 2 aliphatic rings. The molecule has 1 aliphatic carbocycles. The predicted octanol–water partition coefficient (Wildman–Crippen LogP) is 5.18. The standard InChI is InChI=1S/C17H12I2O2/c18-13-7-10-3-1-2-4-12(10)16(17(13)19)11-5-6-14-15(8-11)21-9-20-14/h1-6,8,16H,7,9H2. The summed E-state index contributed by atoms with van der Waals surface area (Å²) in [4.78, 5) is 0. The highest BCUT2D eigenvalue weighted by Crippen LogP contribution is 2.47. The number of rotatable bonds is 1. The van der Waals surface area contributed by atoms with Crippen LogP contribution in [0, 0.1) is 0 Å². The van der Waals surface area contributed by atoms with Crippen LogP contribution in [0.4, 0.5) is 0 Å². The molecule has 1 atom stereocenters. The van der Waals surface area contributed by atoms with E-state index in [1.807, 2.05) is 6.07 Å². The van der Waals surface area contributed by atoms with E-state index in [0.29, 0.717) is 12.7 Å². The van der Waals surface area contributed by atoms with Crippen LogP contribution in [0.3, 0.4) is 0 Å². The van der Waals surface area contributed by atoms with Crippen molar-refractivity contribution in [3.8, 4) is 11.5 Å². The van der Waals surface area contributed by atoms with E-state index in [9.17, 15) is 0 Å². The van der Waals surface area contributed by atoms with Gasteiger partial charge in [0.1, 0.15) is 0 Å². The van der Waals surface area contributed by atoms with Gasteiger partial charge < -0.3 is 9.47 Å². The van der Waals surface area contributed by atoms with Crippen molar-refractivity contribution in [3.63, 3.8) is 0 Å². The van der Waals surface area contributed by atoms with Crippen molar-refractivity contribution in [2.24, 2.45) is 0 Å². The van der Waals surface area contributed by atoms with Crippen molar-refractivity contribution in [2.45, 2.75) is 12.3 Å². The van der Waals surface area contributed by atoms with Crippen LogP contribution < -0.4 is 9.47 Å². The van der Waals surface area contributed by atoms with Gasteiger partial charge in [0.2, 0.25) is 6.79 Å². The summed E-state index contributed by atoms with van der Waals surface area (Å²) in [5, 5.41) is 0. The van der Waals surface area contributed by atoms with Gasteiger partial charge in [0.15, 0.2) is 11.5 Å². The van der Waals surface area contributed by atoms with Crippen molar-refractivity contribution >= 4 is 45.2 Å². The third-order valence-corrected chi connectivity index (χ3v) is 7.22. The zero-order valence-electron chi connectivity index (χ0n) is 11.1. The molecule has 4 rings (SSSR count). The van der Waals surface area contributed by atoms with E-state index in [1.165, 1.54) is 23.9 Å². The Labute approximate surface area is 150 Å². The van der Waals surface area contributed by atoms with E-state index in [0.717, 1.165) is 17.9 Å². The molecule has 0 saturated heterocycles. The third kappa shape index (κ3) is 2.36. The topological polar surface area (TPSA) is 18.5 Å². The first-order chi connectivity index (χ1) is 10.2. The second-order valence-electron chi connectivity index (χ2n) is 5.17. The summed E-state index contributed by atoms with van der Waals surface area (Å²) >= 11 is 4.97. The van der Waals surface area contributed by atoms with Gasteiger partial charge in [-0.3, -0.25) is 0 Å². The Balaban J connectivity index is 1.87. The minimum absolute atomic E-state index is 0.303. The van der Waals surface area contributed by atoms with Gasteiger partial charge in [-0.25, -0.2) is 0 Å². The molecule has 2 nitrogen and oxygen atoms in total. The molecular formula is C17H12I2O2. The monoisotopic (exact) mass is 502 g/mol. The van der Waals surface area contributed by atoms with Gasteiger partial charge in [0.05, 0.1) is 0 Å². The summed E-state index contributed by atoms with van der Waals surface area (Å²) in [6.07, 6.45) is 1.04. The lowest BCUT2D eigenvalue weighted by Gasteiger charge is -2.27. The van der Waals surface area contributed by atoms with Gasteiger partial charge in [-0.15, -0.1) is 0 Å². The number of allylic oxidation sites excluding steroid dienone is 2. The van der Waals surface area contributed by atoms with Crippen molar-refractivity contribution in [1.29, 1.82) is 0 Å². The SMILES string of the molecule is IC1=C(I)C(c2ccc3c(c2)OCO3)c2ccccc2C1. The van der Waals surface area contributed by atoms with Crippen molar-refractivity contribution in [1.82, 2.24) is 0 Å². The number of benzene rings is 2. The highest BCUT2D eigenvalue weighted by atomic mass is 127. The Bertz CT molecular complexity index is 752. The molecule has 2 aromatic carbocycles. The Morgan fingerprint density at radius 3 is 2.67 bits per heavy atom. The summed E-state index contributed by atoms with van der Waals surface area (Å²) in [5.41, 5.74) is 4.09. The number of ether oxygens (including phenoxy) is 2. The molecule has 4 heteroatoms. The molecule has 0 aromatic heterocycles. The second-order valence-corrected chi connectivity index (χ2v) is 7.64. The molecule has 2 aromatic rings. The summed E-state index contributed by atoms with van der Waals surface area (Å²) in [6.45, 7) is 0.324. The molecule has 0 saturated carbocycles. The predicted molar refractivity (Wildman–Crippen MR) is 99.6 cm³/mol. The van der Waals surface area contributed by atoms with Crippen LogP contribution in [0.15, 0.2) is 49.6 Å². The number of hydrogen-bond acceptors (Lipinski definition) is 2. The first-order valence-corrected chi connectivity index (χ1v) is 8.91. The average Bonchev–Trinajstić information content (AvgIpc) is 2.96. The third-order valence-electron chi connectivity index (χ3n) is 3.95. The molecule has 0 spiro atoms. The Hall–Kier alpha value is -0.760. The lowest BCUT2D eigenvalue weighted by atomic mass is 9.83. The van der Waals surface area contributed by atoms with Crippen LogP contribution in [0.25, 0.3) is 0 Å². The normalized spacial score (nSPS) is 19.6. The lowest BCUT2D eigenvalue weighted by Crippen LogP contribution is -2.11. The first-order valence-electron chi connectivity index (χ1n) is 6.75. The van der Waals surface area contributed by atoms with Crippen LogP contribution >= 0.6 is 45.2 Å².